The van der Waals surface area contributed by atoms with Crippen molar-refractivity contribution in [2.75, 3.05) is 19.8 Å². The van der Waals surface area contributed by atoms with Crippen LogP contribution in [-0.2, 0) is 29.1 Å². The van der Waals surface area contributed by atoms with Crippen LogP contribution in [-0.4, -0.2) is 45.0 Å². The Morgan fingerprint density at radius 3 is 1.57 bits per heavy atom. The molecule has 10 nitrogen and oxygen atoms in total. The van der Waals surface area contributed by atoms with Gasteiger partial charge in [0.25, 0.3) is 5.69 Å². The first kappa shape index (κ1) is 39.7. The van der Waals surface area contributed by atoms with Gasteiger partial charge in [-0.05, 0) is 74.9 Å². The topological polar surface area (TPSA) is 142 Å². The standard InChI is InChI=1S/C42H42N2O8PS/c1-4-51-41(45)39(31(3)53(34-20-12-7-13-21-34,35-22-14-8-15-23-35)36-24-16-9-17-25-36)40(42(46)52-5-2)38(32-18-10-6-11-19-32)30-43-54(49,50)37-28-26-33(27-29-37)44(47)48/h6-29,38,40,43H,4-5,30H2,1-3H3/q+1/b39-31-. The molecule has 0 heterocycles. The zero-order valence-corrected chi connectivity index (χ0v) is 31.9. The van der Waals surface area contributed by atoms with E-state index in [9.17, 15) is 28.1 Å². The molecule has 5 aromatic rings. The number of allylic oxidation sites excluding steroid dienone is 1. The van der Waals surface area contributed by atoms with Gasteiger partial charge in [0.2, 0.25) is 10.0 Å². The minimum absolute atomic E-state index is 0.00312. The second kappa shape index (κ2) is 18.0. The van der Waals surface area contributed by atoms with Crippen LogP contribution < -0.4 is 20.6 Å². The largest absolute Gasteiger partial charge is 0.465 e. The summed E-state index contributed by atoms with van der Waals surface area (Å²) in [5.74, 6) is -3.77. The molecular formula is C42H42N2O8PS+. The number of esters is 2. The maximum atomic E-state index is 14.7. The van der Waals surface area contributed by atoms with E-state index in [1.54, 1.807) is 44.2 Å². The smallest absolute Gasteiger partial charge is 0.338 e. The Morgan fingerprint density at radius 1 is 0.704 bits per heavy atom. The normalized spacial score (nSPS) is 13.2. The van der Waals surface area contributed by atoms with Crippen molar-refractivity contribution < 1.29 is 32.4 Å². The fourth-order valence-electron chi connectivity index (χ4n) is 6.75. The van der Waals surface area contributed by atoms with Gasteiger partial charge in [0.15, 0.2) is 0 Å². The number of carbonyl (C=O) groups excluding carboxylic acids is 2. The number of nitro benzene ring substituents is 1. The molecule has 0 fully saturated rings. The summed E-state index contributed by atoms with van der Waals surface area (Å²) in [5, 5.41) is 14.6. The second-order valence-corrected chi connectivity index (χ2v) is 17.6. The molecule has 0 bridgehead atoms. The van der Waals surface area contributed by atoms with Crippen molar-refractivity contribution in [2.45, 2.75) is 31.6 Å². The van der Waals surface area contributed by atoms with Crippen molar-refractivity contribution in [3.8, 4) is 0 Å². The van der Waals surface area contributed by atoms with Crippen molar-refractivity contribution in [3.63, 3.8) is 0 Å². The van der Waals surface area contributed by atoms with E-state index in [4.69, 9.17) is 9.47 Å². The molecular weight excluding hydrogens is 724 g/mol. The van der Waals surface area contributed by atoms with Crippen molar-refractivity contribution in [3.05, 3.63) is 172 Å². The number of carbonyl (C=O) groups is 2. The van der Waals surface area contributed by atoms with E-state index in [0.29, 0.717) is 10.9 Å². The SMILES string of the molecule is CCOC(=O)/C(=C(/C)[P+](c1ccccc1)(c1ccccc1)c1ccccc1)C(C(=O)OCC)C(CNS(=O)(=O)c1ccc([N+](=O)[O-])cc1)c1ccccc1. The third kappa shape index (κ3) is 8.50. The van der Waals surface area contributed by atoms with Crippen molar-refractivity contribution in [1.29, 1.82) is 0 Å². The Morgan fingerprint density at radius 2 is 1.15 bits per heavy atom. The maximum Gasteiger partial charge on any atom is 0.338 e. The Labute approximate surface area is 316 Å². The molecule has 12 heteroatoms. The van der Waals surface area contributed by atoms with E-state index in [0.717, 1.165) is 40.2 Å². The van der Waals surface area contributed by atoms with E-state index < -0.39 is 46.0 Å². The summed E-state index contributed by atoms with van der Waals surface area (Å²) in [4.78, 5) is 39.6. The van der Waals surface area contributed by atoms with Gasteiger partial charge < -0.3 is 9.47 Å². The van der Waals surface area contributed by atoms with Gasteiger partial charge >= 0.3 is 11.9 Å². The monoisotopic (exact) mass is 765 g/mol. The lowest BCUT2D eigenvalue weighted by Gasteiger charge is -2.33. The van der Waals surface area contributed by atoms with Gasteiger partial charge in [0.05, 0.1) is 33.9 Å². The third-order valence-electron chi connectivity index (χ3n) is 9.15. The first-order chi connectivity index (χ1) is 26.1. The van der Waals surface area contributed by atoms with Crippen LogP contribution in [0.4, 0.5) is 5.69 Å². The molecule has 0 aliphatic carbocycles. The molecule has 0 saturated carbocycles. The Balaban J connectivity index is 1.83. The number of nitrogens with one attached hydrogen (secondary N) is 1. The zero-order valence-electron chi connectivity index (χ0n) is 30.2. The average Bonchev–Trinajstić information content (AvgIpc) is 3.19. The number of rotatable bonds is 16. The lowest BCUT2D eigenvalue weighted by molar-refractivity contribution is -0.384. The molecule has 1 N–H and O–H groups in total. The van der Waals surface area contributed by atoms with Crippen LogP contribution in [0.2, 0.25) is 0 Å². The van der Waals surface area contributed by atoms with E-state index in [2.05, 4.69) is 4.72 Å². The lowest BCUT2D eigenvalue weighted by Crippen LogP contribution is -2.39. The number of ether oxygens (including phenoxy) is 2. The average molecular weight is 766 g/mol. The fraction of sp³-hybridized carbons (Fsp3) is 0.190. The van der Waals surface area contributed by atoms with Gasteiger partial charge in [-0.3, -0.25) is 14.9 Å². The number of nitro groups is 1. The predicted octanol–water partition coefficient (Wildman–Crippen LogP) is 6.67. The highest BCUT2D eigenvalue weighted by atomic mass is 32.2. The summed E-state index contributed by atoms with van der Waals surface area (Å²) < 4.78 is 41.6. The Bertz CT molecular complexity index is 2090. The summed E-state index contributed by atoms with van der Waals surface area (Å²) in [5.41, 5.74) is 0.378. The van der Waals surface area contributed by atoms with E-state index in [1.165, 1.54) is 0 Å². The van der Waals surface area contributed by atoms with Crippen LogP contribution in [0.25, 0.3) is 0 Å². The van der Waals surface area contributed by atoms with Gasteiger partial charge in [0, 0.05) is 24.6 Å². The van der Waals surface area contributed by atoms with Gasteiger partial charge in [-0.25, -0.2) is 17.9 Å². The molecule has 5 aromatic carbocycles. The van der Waals surface area contributed by atoms with Gasteiger partial charge in [-0.1, -0.05) is 84.9 Å². The first-order valence-electron chi connectivity index (χ1n) is 17.5. The van der Waals surface area contributed by atoms with Crippen LogP contribution in [0.15, 0.2) is 161 Å². The van der Waals surface area contributed by atoms with E-state index >= 15 is 0 Å². The molecule has 54 heavy (non-hydrogen) atoms. The molecule has 0 radical (unpaired) electrons. The minimum Gasteiger partial charge on any atom is -0.465 e. The number of benzene rings is 5. The second-order valence-electron chi connectivity index (χ2n) is 12.2. The van der Waals surface area contributed by atoms with Crippen molar-refractivity contribution in [2.24, 2.45) is 5.92 Å². The summed E-state index contributed by atoms with van der Waals surface area (Å²) in [6, 6.07) is 42.9. The molecule has 2 unspecified atom stereocenters. The Kier molecular flexibility index (Phi) is 13.3. The van der Waals surface area contributed by atoms with Gasteiger partial charge in [0.1, 0.15) is 29.1 Å². The van der Waals surface area contributed by atoms with Crippen LogP contribution in [0, 0.1) is 16.0 Å². The van der Waals surface area contributed by atoms with Crippen molar-refractivity contribution >= 4 is 50.8 Å². The molecule has 0 aliphatic rings. The van der Waals surface area contributed by atoms with E-state index in [1.807, 2.05) is 97.9 Å². The predicted molar refractivity (Wildman–Crippen MR) is 212 cm³/mol. The highest BCUT2D eigenvalue weighted by Gasteiger charge is 2.53. The van der Waals surface area contributed by atoms with Crippen molar-refractivity contribution in [1.82, 2.24) is 4.72 Å². The zero-order chi connectivity index (χ0) is 38.7. The first-order valence-corrected chi connectivity index (χ1v) is 20.7. The fourth-order valence-corrected chi connectivity index (χ4v) is 12.3. The molecule has 0 aliphatic heterocycles. The van der Waals surface area contributed by atoms with Crippen LogP contribution in [0.5, 0.6) is 0 Å². The third-order valence-corrected chi connectivity index (χ3v) is 15.1. The molecule has 0 spiro atoms. The maximum absolute atomic E-state index is 14.7. The number of nitrogens with zero attached hydrogens (tertiary/aromatic N) is 1. The molecule has 0 saturated heterocycles. The van der Waals surface area contributed by atoms with Crippen LogP contribution in [0.1, 0.15) is 32.3 Å². The number of hydrogen-bond acceptors (Lipinski definition) is 8. The van der Waals surface area contributed by atoms with Gasteiger partial charge in [-0.15, -0.1) is 0 Å². The highest BCUT2D eigenvalue weighted by molar-refractivity contribution is 7.99. The summed E-state index contributed by atoms with van der Waals surface area (Å²) >= 11 is 0. The Hall–Kier alpha value is -5.48. The summed E-state index contributed by atoms with van der Waals surface area (Å²) in [7, 11) is -7.22. The quantitative estimate of drug-likeness (QED) is 0.0386. The van der Waals surface area contributed by atoms with E-state index in [-0.39, 0.29) is 35.9 Å². The minimum atomic E-state index is -4.26. The molecule has 0 aromatic heterocycles. The molecule has 2 atom stereocenters. The molecule has 0 amide bonds. The molecule has 278 valence electrons. The summed E-state index contributed by atoms with van der Waals surface area (Å²) in [6.07, 6.45) is 0. The highest BCUT2D eigenvalue weighted by Crippen LogP contribution is 2.64. The molecule has 5 rings (SSSR count). The van der Waals surface area contributed by atoms with Crippen LogP contribution in [0.3, 0.4) is 0 Å². The number of hydrogen-bond donors (Lipinski definition) is 1. The van der Waals surface area contributed by atoms with Crippen LogP contribution >= 0.6 is 7.26 Å². The number of sulfonamides is 1. The summed E-state index contributed by atoms with van der Waals surface area (Å²) in [6.45, 7) is 4.89. The lowest BCUT2D eigenvalue weighted by atomic mass is 9.80. The van der Waals surface area contributed by atoms with Gasteiger partial charge in [-0.2, -0.15) is 0 Å². The number of non-ortho nitro benzene ring substituents is 1.